The molecule has 0 saturated heterocycles. The van der Waals surface area contributed by atoms with Crippen LogP contribution in [0, 0.1) is 12.3 Å². The minimum Gasteiger partial charge on any atom is -0.370 e. The van der Waals surface area contributed by atoms with Gasteiger partial charge in [0.15, 0.2) is 0 Å². The fourth-order valence-electron chi connectivity index (χ4n) is 1.58. The Morgan fingerprint density at radius 2 is 1.56 bits per heavy atom. The Morgan fingerprint density at radius 1 is 1.00 bits per heavy atom. The normalized spacial score (nSPS) is 11.4. The van der Waals surface area contributed by atoms with Crippen LogP contribution in [0.3, 0.4) is 0 Å². The van der Waals surface area contributed by atoms with E-state index < -0.39 is 0 Å². The fourth-order valence-corrected chi connectivity index (χ4v) is 1.58. The smallest absolute Gasteiger partial charge is 0.134 e. The van der Waals surface area contributed by atoms with E-state index in [0.29, 0.717) is 0 Å². The molecule has 1 rings (SSSR count). The first-order valence-electron chi connectivity index (χ1n) is 6.72. The van der Waals surface area contributed by atoms with Crippen LogP contribution < -0.4 is 10.6 Å². The lowest BCUT2D eigenvalue weighted by Gasteiger charge is -2.21. The summed E-state index contributed by atoms with van der Waals surface area (Å²) in [6.07, 6.45) is 0.850. The lowest BCUT2D eigenvalue weighted by molar-refractivity contribution is 0.442. The molecule has 0 bridgehead atoms. The first kappa shape index (κ1) is 14.7. The van der Waals surface area contributed by atoms with Crippen LogP contribution in [0.1, 0.15) is 46.0 Å². The third-order valence-corrected chi connectivity index (χ3v) is 2.64. The second kappa shape index (κ2) is 6.03. The Hall–Kier alpha value is -1.32. The van der Waals surface area contributed by atoms with Gasteiger partial charge in [-0.1, -0.05) is 27.7 Å². The van der Waals surface area contributed by atoms with E-state index in [-0.39, 0.29) is 5.41 Å². The van der Waals surface area contributed by atoms with Crippen molar-refractivity contribution in [3.05, 3.63) is 11.4 Å². The molecule has 0 fully saturated rings. The van der Waals surface area contributed by atoms with Gasteiger partial charge in [-0.15, -0.1) is 0 Å². The Labute approximate surface area is 111 Å². The molecular weight excluding hydrogens is 224 g/mol. The molecule has 0 saturated carbocycles. The van der Waals surface area contributed by atoms with E-state index in [4.69, 9.17) is 0 Å². The van der Waals surface area contributed by atoms with E-state index in [1.54, 1.807) is 0 Å². The number of hydrogen-bond acceptors (Lipinski definition) is 4. The molecule has 4 heteroatoms. The van der Waals surface area contributed by atoms with Crippen LogP contribution in [0.4, 0.5) is 11.6 Å². The Kier molecular flexibility index (Phi) is 4.93. The SMILES string of the molecule is CCNc1nc(CC)nc(NCC(C)(C)C)c1C. The lowest BCUT2D eigenvalue weighted by atomic mass is 9.97. The molecule has 0 amide bonds. The van der Waals surface area contributed by atoms with Gasteiger partial charge in [0.2, 0.25) is 0 Å². The number of nitrogens with zero attached hydrogens (tertiary/aromatic N) is 2. The van der Waals surface area contributed by atoms with E-state index in [2.05, 4.69) is 62.1 Å². The largest absolute Gasteiger partial charge is 0.370 e. The summed E-state index contributed by atoms with van der Waals surface area (Å²) in [5.74, 6) is 2.78. The second-order valence-corrected chi connectivity index (χ2v) is 5.76. The van der Waals surface area contributed by atoms with Gasteiger partial charge in [-0.25, -0.2) is 9.97 Å². The average Bonchev–Trinajstić information content (AvgIpc) is 2.29. The van der Waals surface area contributed by atoms with Gasteiger partial charge in [0.1, 0.15) is 17.5 Å². The molecule has 0 atom stereocenters. The predicted octanol–water partition coefficient (Wildman–Crippen LogP) is 3.24. The maximum Gasteiger partial charge on any atom is 0.134 e. The van der Waals surface area contributed by atoms with Gasteiger partial charge in [0, 0.05) is 25.1 Å². The standard InChI is InChI=1S/C14H26N4/c1-7-11-17-12(15-8-2)10(3)13(18-11)16-9-14(4,5)6/h7-9H2,1-6H3,(H2,15,16,17,18). The highest BCUT2D eigenvalue weighted by Gasteiger charge is 2.13. The van der Waals surface area contributed by atoms with E-state index in [9.17, 15) is 0 Å². The molecule has 0 aliphatic heterocycles. The number of nitrogens with one attached hydrogen (secondary N) is 2. The zero-order chi connectivity index (χ0) is 13.8. The monoisotopic (exact) mass is 250 g/mol. The minimum atomic E-state index is 0.238. The van der Waals surface area contributed by atoms with Crippen molar-refractivity contribution in [1.82, 2.24) is 9.97 Å². The molecule has 2 N–H and O–H groups in total. The lowest BCUT2D eigenvalue weighted by Crippen LogP contribution is -2.21. The maximum absolute atomic E-state index is 4.57. The molecule has 1 heterocycles. The van der Waals surface area contributed by atoms with Gasteiger partial charge < -0.3 is 10.6 Å². The quantitative estimate of drug-likeness (QED) is 0.842. The van der Waals surface area contributed by atoms with E-state index in [0.717, 1.165) is 42.5 Å². The molecule has 18 heavy (non-hydrogen) atoms. The molecule has 1 aromatic rings. The van der Waals surface area contributed by atoms with Crippen molar-refractivity contribution in [3.63, 3.8) is 0 Å². The van der Waals surface area contributed by atoms with Crippen LogP contribution in [-0.4, -0.2) is 23.1 Å². The van der Waals surface area contributed by atoms with Crippen molar-refractivity contribution in [1.29, 1.82) is 0 Å². The Balaban J connectivity index is 2.98. The van der Waals surface area contributed by atoms with Crippen LogP contribution in [0.2, 0.25) is 0 Å². The highest BCUT2D eigenvalue weighted by Crippen LogP contribution is 2.22. The zero-order valence-corrected chi connectivity index (χ0v) is 12.5. The van der Waals surface area contributed by atoms with Crippen molar-refractivity contribution >= 4 is 11.6 Å². The van der Waals surface area contributed by atoms with Gasteiger partial charge in [0.25, 0.3) is 0 Å². The molecule has 0 radical (unpaired) electrons. The predicted molar refractivity (Wildman–Crippen MR) is 78.3 cm³/mol. The van der Waals surface area contributed by atoms with Crippen LogP contribution in [-0.2, 0) is 6.42 Å². The van der Waals surface area contributed by atoms with Crippen LogP contribution in [0.25, 0.3) is 0 Å². The number of aryl methyl sites for hydroxylation is 1. The van der Waals surface area contributed by atoms with Gasteiger partial charge in [0.05, 0.1) is 0 Å². The van der Waals surface area contributed by atoms with E-state index >= 15 is 0 Å². The minimum absolute atomic E-state index is 0.238. The van der Waals surface area contributed by atoms with Gasteiger partial charge in [-0.3, -0.25) is 0 Å². The van der Waals surface area contributed by atoms with Crippen molar-refractivity contribution in [2.75, 3.05) is 23.7 Å². The Morgan fingerprint density at radius 3 is 2.00 bits per heavy atom. The fraction of sp³-hybridized carbons (Fsp3) is 0.714. The molecule has 4 nitrogen and oxygen atoms in total. The zero-order valence-electron chi connectivity index (χ0n) is 12.5. The summed E-state index contributed by atoms with van der Waals surface area (Å²) in [4.78, 5) is 9.10. The first-order chi connectivity index (χ1) is 8.37. The molecule has 0 aliphatic carbocycles. The molecule has 0 spiro atoms. The third kappa shape index (κ3) is 4.17. The van der Waals surface area contributed by atoms with E-state index in [1.165, 1.54) is 0 Å². The van der Waals surface area contributed by atoms with Crippen molar-refractivity contribution < 1.29 is 0 Å². The number of aromatic nitrogens is 2. The number of rotatable bonds is 5. The third-order valence-electron chi connectivity index (χ3n) is 2.64. The summed E-state index contributed by atoms with van der Waals surface area (Å²) in [5, 5.41) is 6.73. The molecule has 1 aromatic heterocycles. The Bertz CT molecular complexity index is 394. The summed E-state index contributed by atoms with van der Waals surface area (Å²) in [5.41, 5.74) is 1.33. The van der Waals surface area contributed by atoms with Crippen molar-refractivity contribution in [3.8, 4) is 0 Å². The number of anilines is 2. The van der Waals surface area contributed by atoms with Gasteiger partial charge in [-0.2, -0.15) is 0 Å². The van der Waals surface area contributed by atoms with Crippen molar-refractivity contribution in [2.45, 2.75) is 48.0 Å². The summed E-state index contributed by atoms with van der Waals surface area (Å²) < 4.78 is 0. The highest BCUT2D eigenvalue weighted by molar-refractivity contribution is 5.57. The molecule has 102 valence electrons. The molecule has 0 aromatic carbocycles. The molecule has 0 aliphatic rings. The number of hydrogen-bond donors (Lipinski definition) is 2. The molecular formula is C14H26N4. The summed E-state index contributed by atoms with van der Waals surface area (Å²) in [6, 6.07) is 0. The molecule has 0 unspecified atom stereocenters. The van der Waals surface area contributed by atoms with Crippen molar-refractivity contribution in [2.24, 2.45) is 5.41 Å². The maximum atomic E-state index is 4.57. The highest BCUT2D eigenvalue weighted by atomic mass is 15.1. The van der Waals surface area contributed by atoms with Crippen LogP contribution in [0.5, 0.6) is 0 Å². The summed E-state index contributed by atoms with van der Waals surface area (Å²) in [6.45, 7) is 14.6. The van der Waals surface area contributed by atoms with Crippen LogP contribution >= 0.6 is 0 Å². The summed E-state index contributed by atoms with van der Waals surface area (Å²) in [7, 11) is 0. The summed E-state index contributed by atoms with van der Waals surface area (Å²) >= 11 is 0. The van der Waals surface area contributed by atoms with Gasteiger partial charge >= 0.3 is 0 Å². The average molecular weight is 250 g/mol. The van der Waals surface area contributed by atoms with Gasteiger partial charge in [-0.05, 0) is 19.3 Å². The van der Waals surface area contributed by atoms with Crippen LogP contribution in [0.15, 0.2) is 0 Å². The topological polar surface area (TPSA) is 49.8 Å². The van der Waals surface area contributed by atoms with E-state index in [1.807, 2.05) is 0 Å². The first-order valence-corrected chi connectivity index (χ1v) is 6.72. The second-order valence-electron chi connectivity index (χ2n) is 5.76.